The van der Waals surface area contributed by atoms with Crippen molar-refractivity contribution >= 4 is 44.0 Å². The summed E-state index contributed by atoms with van der Waals surface area (Å²) in [5.41, 5.74) is 3.26. The van der Waals surface area contributed by atoms with Crippen LogP contribution >= 0.6 is 11.8 Å². The molecule has 0 aromatic heterocycles. The number of aliphatic imine (C=N–C) groups is 1. The van der Waals surface area contributed by atoms with Crippen molar-refractivity contribution in [3.8, 4) is 0 Å². The zero-order valence-corrected chi connectivity index (χ0v) is 17.9. The fraction of sp³-hybridized carbons (Fsp3) is 0.333. The smallest absolute Gasteiger partial charge is 0.255 e. The van der Waals surface area contributed by atoms with E-state index in [1.54, 1.807) is 12.1 Å². The Morgan fingerprint density at radius 3 is 2.55 bits per heavy atom. The molecule has 2 aliphatic heterocycles. The normalized spacial score (nSPS) is 22.2. The largest absolute Gasteiger partial charge is 0.335 e. The number of sulfone groups is 1. The van der Waals surface area contributed by atoms with Crippen molar-refractivity contribution in [3.05, 3.63) is 59.7 Å². The summed E-state index contributed by atoms with van der Waals surface area (Å²) >= 11 is 1.46. The van der Waals surface area contributed by atoms with Crippen LogP contribution in [0, 0.1) is 0 Å². The lowest BCUT2D eigenvalue weighted by atomic mass is 10.0. The number of hydrogen-bond donors (Lipinski definition) is 2. The Labute approximate surface area is 175 Å². The Kier molecular flexibility index (Phi) is 5.40. The Balaban J connectivity index is 1.41. The van der Waals surface area contributed by atoms with Crippen LogP contribution in [0.5, 0.6) is 0 Å². The monoisotopic (exact) mass is 429 g/mol. The van der Waals surface area contributed by atoms with Crippen molar-refractivity contribution in [1.29, 1.82) is 0 Å². The fourth-order valence-corrected chi connectivity index (χ4v) is 7.11. The highest BCUT2D eigenvalue weighted by atomic mass is 32.2. The fourth-order valence-electron chi connectivity index (χ4n) is 3.43. The number of thioether (sulfide) groups is 1. The third-order valence-electron chi connectivity index (χ3n) is 5.03. The van der Waals surface area contributed by atoms with E-state index in [1.165, 1.54) is 17.3 Å². The lowest BCUT2D eigenvalue weighted by Gasteiger charge is -2.10. The summed E-state index contributed by atoms with van der Waals surface area (Å²) in [6, 6.07) is 14.9. The van der Waals surface area contributed by atoms with E-state index >= 15 is 0 Å². The van der Waals surface area contributed by atoms with Gasteiger partial charge in [0.05, 0.1) is 17.5 Å². The minimum atomic E-state index is -2.97. The van der Waals surface area contributed by atoms with Crippen molar-refractivity contribution in [2.75, 3.05) is 22.1 Å². The molecule has 0 saturated carbocycles. The average molecular weight is 430 g/mol. The number of nitrogens with zero attached hydrogens (tertiary/aromatic N) is 1. The molecule has 0 spiro atoms. The molecule has 2 aliphatic rings. The van der Waals surface area contributed by atoms with Gasteiger partial charge in [0, 0.05) is 22.2 Å². The summed E-state index contributed by atoms with van der Waals surface area (Å²) in [4.78, 5) is 17.1. The van der Waals surface area contributed by atoms with Crippen LogP contribution < -0.4 is 10.6 Å². The molecule has 0 bridgehead atoms. The topological polar surface area (TPSA) is 87.6 Å². The van der Waals surface area contributed by atoms with Gasteiger partial charge >= 0.3 is 0 Å². The molecule has 0 unspecified atom stereocenters. The Hall–Kier alpha value is -2.32. The molecule has 152 valence electrons. The Morgan fingerprint density at radius 2 is 1.86 bits per heavy atom. The van der Waals surface area contributed by atoms with E-state index in [9.17, 15) is 13.2 Å². The lowest BCUT2D eigenvalue weighted by molar-refractivity contribution is 0.102. The van der Waals surface area contributed by atoms with Crippen LogP contribution in [-0.2, 0) is 9.84 Å². The maximum Gasteiger partial charge on any atom is 0.255 e. The van der Waals surface area contributed by atoms with Gasteiger partial charge in [-0.1, -0.05) is 43.8 Å². The standard InChI is InChI=1S/C21H23N3O3S2/c1-13(2)14-6-8-16(9-7-14)22-20(25)15-4-3-5-17(10-15)23-21-24-18-11-29(26,27)12-19(18)28-21/h3-10,13,18-19H,11-12H2,1-2H3,(H,22,25)(H,23,24)/t18-,19+/m1/s1. The summed E-state index contributed by atoms with van der Waals surface area (Å²) in [6.45, 7) is 4.26. The molecule has 0 radical (unpaired) electrons. The van der Waals surface area contributed by atoms with Crippen molar-refractivity contribution in [3.63, 3.8) is 0 Å². The zero-order chi connectivity index (χ0) is 20.6. The number of hydrogen-bond acceptors (Lipinski definition) is 6. The van der Waals surface area contributed by atoms with Crippen LogP contribution in [0.4, 0.5) is 11.4 Å². The summed E-state index contributed by atoms with van der Waals surface area (Å²) in [5.74, 6) is 0.552. The van der Waals surface area contributed by atoms with E-state index in [0.717, 1.165) is 11.4 Å². The van der Waals surface area contributed by atoms with Gasteiger partial charge in [0.25, 0.3) is 5.91 Å². The van der Waals surface area contributed by atoms with E-state index in [4.69, 9.17) is 0 Å². The van der Waals surface area contributed by atoms with Crippen molar-refractivity contribution in [2.45, 2.75) is 31.1 Å². The number of benzene rings is 2. The molecule has 29 heavy (non-hydrogen) atoms. The predicted octanol–water partition coefficient (Wildman–Crippen LogP) is 3.74. The zero-order valence-electron chi connectivity index (χ0n) is 16.3. The van der Waals surface area contributed by atoms with Crippen molar-refractivity contribution in [2.24, 2.45) is 4.99 Å². The summed E-state index contributed by atoms with van der Waals surface area (Å²) < 4.78 is 23.4. The number of carbonyl (C=O) groups is 1. The van der Waals surface area contributed by atoms with Gasteiger partial charge in [-0.05, 0) is 41.8 Å². The van der Waals surface area contributed by atoms with Crippen LogP contribution in [-0.4, -0.2) is 42.3 Å². The summed E-state index contributed by atoms with van der Waals surface area (Å²) in [7, 11) is -2.97. The average Bonchev–Trinajstić information content (AvgIpc) is 3.14. The predicted molar refractivity (Wildman–Crippen MR) is 120 cm³/mol. The second kappa shape index (κ2) is 7.84. The van der Waals surface area contributed by atoms with Gasteiger partial charge in [-0.3, -0.25) is 9.79 Å². The minimum absolute atomic E-state index is 0.0113. The number of amides is 1. The Morgan fingerprint density at radius 1 is 1.10 bits per heavy atom. The molecule has 2 aromatic rings. The molecular weight excluding hydrogens is 406 g/mol. The summed E-state index contributed by atoms with van der Waals surface area (Å²) in [5, 5.41) is 6.83. The second-order valence-electron chi connectivity index (χ2n) is 7.67. The third kappa shape index (κ3) is 4.64. The molecule has 0 aliphatic carbocycles. The molecule has 2 aromatic carbocycles. The quantitative estimate of drug-likeness (QED) is 0.773. The number of nitrogens with one attached hydrogen (secondary N) is 2. The van der Waals surface area contributed by atoms with E-state index in [0.29, 0.717) is 16.6 Å². The number of fused-ring (bicyclic) bond motifs is 1. The van der Waals surface area contributed by atoms with Crippen LogP contribution in [0.2, 0.25) is 0 Å². The number of rotatable bonds is 4. The first-order valence-electron chi connectivity index (χ1n) is 9.52. The SMILES string of the molecule is CC(C)c1ccc(NC(=O)c2cccc(NC3=N[C@@H]4CS(=O)(=O)C[C@@H]4S3)c2)cc1. The van der Waals surface area contributed by atoms with Gasteiger partial charge in [0.1, 0.15) is 0 Å². The highest BCUT2D eigenvalue weighted by Crippen LogP contribution is 2.34. The molecule has 2 heterocycles. The van der Waals surface area contributed by atoms with Gasteiger partial charge in [0.2, 0.25) is 0 Å². The highest BCUT2D eigenvalue weighted by molar-refractivity contribution is 8.15. The maximum atomic E-state index is 12.6. The van der Waals surface area contributed by atoms with E-state index < -0.39 is 9.84 Å². The van der Waals surface area contributed by atoms with E-state index in [1.807, 2.05) is 36.4 Å². The van der Waals surface area contributed by atoms with Crippen LogP contribution in [0.25, 0.3) is 0 Å². The molecule has 1 amide bonds. The third-order valence-corrected chi connectivity index (χ3v) is 8.17. The molecule has 2 atom stereocenters. The lowest BCUT2D eigenvalue weighted by Crippen LogP contribution is -2.14. The van der Waals surface area contributed by atoms with E-state index in [2.05, 4.69) is 29.5 Å². The first-order valence-corrected chi connectivity index (χ1v) is 12.2. The first-order chi connectivity index (χ1) is 13.8. The number of carbonyl (C=O) groups excluding carboxylic acids is 1. The maximum absolute atomic E-state index is 12.6. The van der Waals surface area contributed by atoms with Crippen molar-refractivity contribution < 1.29 is 13.2 Å². The van der Waals surface area contributed by atoms with Gasteiger partial charge in [0.15, 0.2) is 15.0 Å². The second-order valence-corrected chi connectivity index (χ2v) is 11.1. The minimum Gasteiger partial charge on any atom is -0.335 e. The first kappa shape index (κ1) is 20.0. The van der Waals surface area contributed by atoms with E-state index in [-0.39, 0.29) is 28.7 Å². The number of amidine groups is 1. The van der Waals surface area contributed by atoms with Gasteiger partial charge < -0.3 is 10.6 Å². The van der Waals surface area contributed by atoms with Crippen LogP contribution in [0.15, 0.2) is 53.5 Å². The summed E-state index contributed by atoms with van der Waals surface area (Å²) in [6.07, 6.45) is 0. The van der Waals surface area contributed by atoms with Gasteiger partial charge in [-0.25, -0.2) is 8.42 Å². The molecule has 4 rings (SSSR count). The molecule has 2 N–H and O–H groups in total. The highest BCUT2D eigenvalue weighted by Gasteiger charge is 2.42. The molecule has 8 heteroatoms. The van der Waals surface area contributed by atoms with Crippen LogP contribution in [0.3, 0.4) is 0 Å². The molecule has 1 fully saturated rings. The number of anilines is 2. The molecule has 6 nitrogen and oxygen atoms in total. The van der Waals surface area contributed by atoms with Crippen molar-refractivity contribution in [1.82, 2.24) is 0 Å². The van der Waals surface area contributed by atoms with Gasteiger partial charge in [-0.15, -0.1) is 0 Å². The molecular formula is C21H23N3O3S2. The Bertz CT molecular complexity index is 1060. The van der Waals surface area contributed by atoms with Crippen LogP contribution in [0.1, 0.15) is 35.7 Å². The van der Waals surface area contributed by atoms with Gasteiger partial charge in [-0.2, -0.15) is 0 Å². The molecule has 1 saturated heterocycles.